The van der Waals surface area contributed by atoms with Crippen LogP contribution in [-0.2, 0) is 14.8 Å². The highest BCUT2D eigenvalue weighted by Gasteiger charge is 2.20. The highest BCUT2D eigenvalue weighted by atomic mass is 79.9. The zero-order valence-corrected chi connectivity index (χ0v) is 16.3. The summed E-state index contributed by atoms with van der Waals surface area (Å²) in [5.74, 6) is -0.520. The summed E-state index contributed by atoms with van der Waals surface area (Å²) in [4.78, 5) is 13.0. The minimum Gasteiger partial charge on any atom is -0.271 e. The van der Waals surface area contributed by atoms with Crippen LogP contribution in [-0.4, -0.2) is 33.3 Å². The van der Waals surface area contributed by atoms with Gasteiger partial charge >= 0.3 is 0 Å². The maximum atomic E-state index is 12.0. The van der Waals surface area contributed by atoms with Crippen LogP contribution in [0.15, 0.2) is 45.3 Å². The van der Waals surface area contributed by atoms with Crippen molar-refractivity contribution in [3.05, 3.63) is 50.6 Å². The number of nitrogens with one attached hydrogen (secondary N) is 1. The van der Waals surface area contributed by atoms with E-state index >= 15 is 0 Å². The van der Waals surface area contributed by atoms with Crippen LogP contribution in [0, 0.1) is 6.92 Å². The molecule has 0 atom stereocenters. The predicted octanol–water partition coefficient (Wildman–Crippen LogP) is 2.74. The van der Waals surface area contributed by atoms with Gasteiger partial charge in [-0.05, 0) is 48.2 Å². The fourth-order valence-electron chi connectivity index (χ4n) is 1.85. The van der Waals surface area contributed by atoms with E-state index in [0.717, 1.165) is 25.5 Å². The van der Waals surface area contributed by atoms with Crippen LogP contribution < -0.4 is 9.73 Å². The molecule has 1 amide bonds. The van der Waals surface area contributed by atoms with Crippen molar-refractivity contribution in [2.45, 2.75) is 6.92 Å². The number of anilines is 1. The molecule has 0 saturated heterocycles. The maximum Gasteiger partial charge on any atom is 0.260 e. The smallest absolute Gasteiger partial charge is 0.260 e. The minimum absolute atomic E-state index is 0.346. The lowest BCUT2D eigenvalue weighted by molar-refractivity contribution is -0.119. The molecule has 1 N–H and O–H groups in total. The summed E-state index contributed by atoms with van der Waals surface area (Å²) in [5, 5.41) is 5.80. The summed E-state index contributed by atoms with van der Waals surface area (Å²) in [7, 11) is -3.59. The first-order valence-corrected chi connectivity index (χ1v) is 10.4. The average molecular weight is 430 g/mol. The van der Waals surface area contributed by atoms with Crippen LogP contribution in [0.1, 0.15) is 10.4 Å². The van der Waals surface area contributed by atoms with Gasteiger partial charge in [-0.25, -0.2) is 13.8 Å². The lowest BCUT2D eigenvalue weighted by atomic mass is 10.3. The molecule has 0 bridgehead atoms. The highest BCUT2D eigenvalue weighted by molar-refractivity contribution is 9.10. The normalized spacial score (nSPS) is 11.6. The Hall–Kier alpha value is -1.71. The Morgan fingerprint density at radius 3 is 2.54 bits per heavy atom. The van der Waals surface area contributed by atoms with E-state index in [9.17, 15) is 13.2 Å². The Morgan fingerprint density at radius 1 is 1.33 bits per heavy atom. The third kappa shape index (κ3) is 5.15. The van der Waals surface area contributed by atoms with Gasteiger partial charge in [-0.1, -0.05) is 15.9 Å². The van der Waals surface area contributed by atoms with Crippen molar-refractivity contribution in [1.29, 1.82) is 0 Å². The van der Waals surface area contributed by atoms with E-state index in [4.69, 9.17) is 0 Å². The van der Waals surface area contributed by atoms with E-state index in [0.29, 0.717) is 5.69 Å². The molecule has 1 aromatic carbocycles. The standard InChI is InChI=1S/C15H16BrN3O3S2/c1-11-7-8-23-14(11)9-17-18-15(20)10-19(24(2,21)22)13-5-3-12(16)4-6-13/h3-9H,10H2,1-2H3,(H,18,20)/b17-9-. The number of carbonyl (C=O) groups is 1. The van der Waals surface area contributed by atoms with Gasteiger partial charge in [0, 0.05) is 9.35 Å². The summed E-state index contributed by atoms with van der Waals surface area (Å²) in [6.07, 6.45) is 2.60. The van der Waals surface area contributed by atoms with Crippen molar-refractivity contribution in [2.75, 3.05) is 17.1 Å². The molecule has 1 aromatic heterocycles. The number of hydrazone groups is 1. The molecule has 128 valence electrons. The first-order valence-electron chi connectivity index (χ1n) is 6.86. The van der Waals surface area contributed by atoms with Crippen molar-refractivity contribution in [2.24, 2.45) is 5.10 Å². The molecule has 2 aromatic rings. The quantitative estimate of drug-likeness (QED) is 0.566. The number of sulfonamides is 1. The van der Waals surface area contributed by atoms with Crippen LogP contribution in [0.2, 0.25) is 0 Å². The molecule has 1 heterocycles. The Balaban J connectivity index is 2.07. The Bertz CT molecular complexity index is 845. The van der Waals surface area contributed by atoms with Gasteiger partial charge in [0.25, 0.3) is 5.91 Å². The van der Waals surface area contributed by atoms with Gasteiger partial charge in [0.2, 0.25) is 10.0 Å². The molecule has 24 heavy (non-hydrogen) atoms. The number of hydrogen-bond donors (Lipinski definition) is 1. The van der Waals surface area contributed by atoms with E-state index in [1.807, 2.05) is 18.4 Å². The van der Waals surface area contributed by atoms with Crippen molar-refractivity contribution in [3.8, 4) is 0 Å². The monoisotopic (exact) mass is 429 g/mol. The molecule has 0 fully saturated rings. The first-order chi connectivity index (χ1) is 11.3. The van der Waals surface area contributed by atoms with Crippen LogP contribution in [0.4, 0.5) is 5.69 Å². The van der Waals surface area contributed by atoms with Crippen molar-refractivity contribution in [1.82, 2.24) is 5.43 Å². The lowest BCUT2D eigenvalue weighted by Crippen LogP contribution is -2.38. The summed E-state index contributed by atoms with van der Waals surface area (Å²) in [6, 6.07) is 8.62. The van der Waals surface area contributed by atoms with Gasteiger partial charge in [0.1, 0.15) is 6.54 Å². The SMILES string of the molecule is Cc1ccsc1/C=N\NC(=O)CN(c1ccc(Br)cc1)S(C)(=O)=O. The van der Waals surface area contributed by atoms with Gasteiger partial charge < -0.3 is 0 Å². The van der Waals surface area contributed by atoms with E-state index in [1.54, 1.807) is 30.5 Å². The molecule has 0 aliphatic carbocycles. The molecule has 0 aliphatic rings. The third-order valence-electron chi connectivity index (χ3n) is 3.07. The van der Waals surface area contributed by atoms with Gasteiger partial charge in [0.05, 0.1) is 18.2 Å². The zero-order valence-electron chi connectivity index (χ0n) is 13.1. The Labute approximate surface area is 153 Å². The molecule has 0 spiro atoms. The molecule has 2 rings (SSSR count). The fourth-order valence-corrected chi connectivity index (χ4v) is 3.76. The van der Waals surface area contributed by atoms with Crippen LogP contribution in [0.5, 0.6) is 0 Å². The topological polar surface area (TPSA) is 78.8 Å². The molecular formula is C15H16BrN3O3S2. The number of rotatable bonds is 6. The number of nitrogens with zero attached hydrogens (tertiary/aromatic N) is 2. The second kappa shape index (κ2) is 7.91. The van der Waals surface area contributed by atoms with Crippen LogP contribution in [0.25, 0.3) is 0 Å². The van der Waals surface area contributed by atoms with E-state index in [1.165, 1.54) is 11.3 Å². The summed E-state index contributed by atoms with van der Waals surface area (Å²) < 4.78 is 25.8. The van der Waals surface area contributed by atoms with Gasteiger partial charge in [-0.3, -0.25) is 9.10 Å². The number of amides is 1. The molecule has 0 aliphatic heterocycles. The second-order valence-corrected chi connectivity index (χ2v) is 8.78. The van der Waals surface area contributed by atoms with Crippen molar-refractivity contribution < 1.29 is 13.2 Å². The lowest BCUT2D eigenvalue weighted by Gasteiger charge is -2.21. The van der Waals surface area contributed by atoms with Crippen LogP contribution in [0.3, 0.4) is 0 Å². The minimum atomic E-state index is -3.59. The highest BCUT2D eigenvalue weighted by Crippen LogP contribution is 2.20. The number of hydrogen-bond acceptors (Lipinski definition) is 5. The number of halogens is 1. The molecule has 0 unspecified atom stereocenters. The molecular weight excluding hydrogens is 414 g/mol. The second-order valence-electron chi connectivity index (χ2n) is 5.01. The average Bonchev–Trinajstić information content (AvgIpc) is 2.90. The number of aryl methyl sites for hydroxylation is 1. The van der Waals surface area contributed by atoms with Gasteiger partial charge in [0.15, 0.2) is 0 Å². The fraction of sp³-hybridized carbons (Fsp3) is 0.200. The Kier molecular flexibility index (Phi) is 6.14. The number of benzene rings is 1. The van der Waals surface area contributed by atoms with E-state index in [-0.39, 0.29) is 6.54 Å². The Morgan fingerprint density at radius 2 is 2.00 bits per heavy atom. The van der Waals surface area contributed by atoms with E-state index in [2.05, 4.69) is 26.5 Å². The van der Waals surface area contributed by atoms with Gasteiger partial charge in [-0.15, -0.1) is 11.3 Å². The largest absolute Gasteiger partial charge is 0.271 e. The zero-order chi connectivity index (χ0) is 17.7. The first kappa shape index (κ1) is 18.6. The summed E-state index contributed by atoms with van der Waals surface area (Å²) >= 11 is 4.80. The van der Waals surface area contributed by atoms with Crippen molar-refractivity contribution >= 4 is 55.1 Å². The predicted molar refractivity (Wildman–Crippen MR) is 101 cm³/mol. The third-order valence-corrected chi connectivity index (χ3v) is 5.70. The van der Waals surface area contributed by atoms with Crippen LogP contribution >= 0.6 is 27.3 Å². The number of thiophene rings is 1. The molecule has 0 radical (unpaired) electrons. The molecule has 0 saturated carbocycles. The molecule has 9 heteroatoms. The van der Waals surface area contributed by atoms with Crippen molar-refractivity contribution in [3.63, 3.8) is 0 Å². The number of carbonyl (C=O) groups excluding carboxylic acids is 1. The summed E-state index contributed by atoms with van der Waals surface area (Å²) in [6.45, 7) is 1.60. The van der Waals surface area contributed by atoms with Gasteiger partial charge in [-0.2, -0.15) is 5.10 Å². The summed E-state index contributed by atoms with van der Waals surface area (Å²) in [5.41, 5.74) is 3.83. The van der Waals surface area contributed by atoms with E-state index < -0.39 is 15.9 Å². The maximum absolute atomic E-state index is 12.0. The molecule has 6 nitrogen and oxygen atoms in total.